The third-order valence-corrected chi connectivity index (χ3v) is 4.15. The van der Waals surface area contributed by atoms with Crippen molar-refractivity contribution in [2.75, 3.05) is 5.32 Å². The van der Waals surface area contributed by atoms with Crippen molar-refractivity contribution in [3.8, 4) is 0 Å². The number of benzene rings is 1. The van der Waals surface area contributed by atoms with E-state index in [1.54, 1.807) is 0 Å². The zero-order valence-electron chi connectivity index (χ0n) is 10.1. The van der Waals surface area contributed by atoms with Crippen LogP contribution in [0, 0.1) is 15.4 Å². The van der Waals surface area contributed by atoms with Crippen LogP contribution in [0.1, 0.15) is 32.6 Å². The van der Waals surface area contributed by atoms with Crippen molar-refractivity contribution >= 4 is 34.2 Å². The second-order valence-corrected chi connectivity index (χ2v) is 6.20. The van der Waals surface area contributed by atoms with Gasteiger partial charge in [-0.3, -0.25) is 4.79 Å². The largest absolute Gasteiger partial charge is 0.326 e. The molecule has 1 amide bonds. The predicted molar refractivity (Wildman–Crippen MR) is 78.9 cm³/mol. The van der Waals surface area contributed by atoms with Crippen LogP contribution in [0.2, 0.25) is 0 Å². The van der Waals surface area contributed by atoms with Gasteiger partial charge >= 0.3 is 0 Å². The predicted octanol–water partition coefficient (Wildman–Crippen LogP) is 4.06. The molecule has 0 aliphatic heterocycles. The van der Waals surface area contributed by atoms with E-state index in [1.165, 1.54) is 12.8 Å². The van der Waals surface area contributed by atoms with Crippen LogP contribution < -0.4 is 5.32 Å². The van der Waals surface area contributed by atoms with Gasteiger partial charge in [-0.25, -0.2) is 0 Å². The van der Waals surface area contributed by atoms with Crippen LogP contribution in [-0.4, -0.2) is 5.91 Å². The fourth-order valence-electron chi connectivity index (χ4n) is 2.33. The summed E-state index contributed by atoms with van der Waals surface area (Å²) in [5, 5.41) is 3.02. The molecule has 1 aromatic rings. The first-order valence-electron chi connectivity index (χ1n) is 6.21. The molecule has 1 fully saturated rings. The Labute approximate surface area is 116 Å². The third kappa shape index (κ3) is 3.69. The van der Waals surface area contributed by atoms with Crippen LogP contribution in [0.3, 0.4) is 0 Å². The second-order valence-electron chi connectivity index (χ2n) is 4.96. The van der Waals surface area contributed by atoms with Gasteiger partial charge in [-0.05, 0) is 72.4 Å². The first-order chi connectivity index (χ1) is 8.15. The maximum Gasteiger partial charge on any atom is 0.227 e. The highest BCUT2D eigenvalue weighted by atomic mass is 127. The van der Waals surface area contributed by atoms with Crippen molar-refractivity contribution in [2.45, 2.75) is 32.6 Å². The standard InChI is InChI=1S/C14H18INO/c1-10-5-7-11(8-6-10)14(17)16-13-4-2-3-12(15)9-13/h2-4,9-11H,5-8H2,1H3,(H,16,17). The molecule has 1 saturated carbocycles. The molecular weight excluding hydrogens is 325 g/mol. The molecule has 0 radical (unpaired) electrons. The molecule has 0 saturated heterocycles. The lowest BCUT2D eigenvalue weighted by Crippen LogP contribution is -2.26. The van der Waals surface area contributed by atoms with E-state index < -0.39 is 0 Å². The average Bonchev–Trinajstić information content (AvgIpc) is 2.29. The number of carbonyl (C=O) groups is 1. The van der Waals surface area contributed by atoms with Crippen LogP contribution in [0.15, 0.2) is 24.3 Å². The van der Waals surface area contributed by atoms with Gasteiger partial charge in [-0.1, -0.05) is 13.0 Å². The molecule has 2 nitrogen and oxygen atoms in total. The zero-order chi connectivity index (χ0) is 12.3. The molecule has 1 aliphatic rings. The lowest BCUT2D eigenvalue weighted by molar-refractivity contribution is -0.121. The number of carbonyl (C=O) groups excluding carboxylic acids is 1. The number of hydrogen-bond donors (Lipinski definition) is 1. The monoisotopic (exact) mass is 343 g/mol. The summed E-state index contributed by atoms with van der Waals surface area (Å²) in [5.74, 6) is 1.19. The molecule has 0 unspecified atom stereocenters. The number of nitrogens with one attached hydrogen (secondary N) is 1. The Bertz CT molecular complexity index is 397. The molecule has 3 heteroatoms. The fourth-order valence-corrected chi connectivity index (χ4v) is 2.88. The zero-order valence-corrected chi connectivity index (χ0v) is 12.2. The summed E-state index contributed by atoms with van der Waals surface area (Å²) in [6.07, 6.45) is 4.45. The molecule has 0 aromatic heterocycles. The van der Waals surface area contributed by atoms with E-state index in [1.807, 2.05) is 24.3 Å². The molecule has 92 valence electrons. The summed E-state index contributed by atoms with van der Waals surface area (Å²) in [6, 6.07) is 7.95. The van der Waals surface area contributed by atoms with Crippen molar-refractivity contribution in [1.29, 1.82) is 0 Å². The van der Waals surface area contributed by atoms with Gasteiger partial charge in [0, 0.05) is 15.2 Å². The number of hydrogen-bond acceptors (Lipinski definition) is 1. The Hall–Kier alpha value is -0.580. The third-order valence-electron chi connectivity index (χ3n) is 3.48. The summed E-state index contributed by atoms with van der Waals surface area (Å²) in [6.45, 7) is 2.27. The molecule has 0 bridgehead atoms. The molecule has 0 atom stereocenters. The fraction of sp³-hybridized carbons (Fsp3) is 0.500. The SMILES string of the molecule is CC1CCC(C(=O)Nc2cccc(I)c2)CC1. The van der Waals surface area contributed by atoms with Crippen LogP contribution in [0.5, 0.6) is 0 Å². The van der Waals surface area contributed by atoms with E-state index in [0.717, 1.165) is 28.0 Å². The summed E-state index contributed by atoms with van der Waals surface area (Å²) in [4.78, 5) is 12.1. The van der Waals surface area contributed by atoms with Crippen molar-refractivity contribution in [3.05, 3.63) is 27.8 Å². The normalized spacial score (nSPS) is 24.4. The highest BCUT2D eigenvalue weighted by Crippen LogP contribution is 2.29. The van der Waals surface area contributed by atoms with E-state index >= 15 is 0 Å². The number of anilines is 1. The highest BCUT2D eigenvalue weighted by molar-refractivity contribution is 14.1. The van der Waals surface area contributed by atoms with Gasteiger partial charge in [0.05, 0.1) is 0 Å². The van der Waals surface area contributed by atoms with Crippen molar-refractivity contribution in [3.63, 3.8) is 0 Å². The Morgan fingerprint density at radius 3 is 2.65 bits per heavy atom. The number of amides is 1. The molecule has 0 heterocycles. The molecule has 1 aliphatic carbocycles. The molecular formula is C14H18INO. The number of halogens is 1. The van der Waals surface area contributed by atoms with Crippen LogP contribution in [0.25, 0.3) is 0 Å². The van der Waals surface area contributed by atoms with Crippen molar-refractivity contribution in [1.82, 2.24) is 0 Å². The molecule has 17 heavy (non-hydrogen) atoms. The lowest BCUT2D eigenvalue weighted by atomic mass is 9.82. The van der Waals surface area contributed by atoms with E-state index in [4.69, 9.17) is 0 Å². The second kappa shape index (κ2) is 5.85. The van der Waals surface area contributed by atoms with E-state index in [9.17, 15) is 4.79 Å². The van der Waals surface area contributed by atoms with E-state index in [2.05, 4.69) is 34.8 Å². The quantitative estimate of drug-likeness (QED) is 0.807. The minimum Gasteiger partial charge on any atom is -0.326 e. The van der Waals surface area contributed by atoms with E-state index in [0.29, 0.717) is 0 Å². The Kier molecular flexibility index (Phi) is 4.42. The first kappa shape index (κ1) is 12.9. The Balaban J connectivity index is 1.93. The lowest BCUT2D eigenvalue weighted by Gasteiger charge is -2.25. The molecule has 0 spiro atoms. The maximum atomic E-state index is 12.1. The molecule has 1 aromatic carbocycles. The van der Waals surface area contributed by atoms with Crippen LogP contribution >= 0.6 is 22.6 Å². The summed E-state index contributed by atoms with van der Waals surface area (Å²) in [7, 11) is 0. The van der Waals surface area contributed by atoms with Gasteiger partial charge in [-0.2, -0.15) is 0 Å². The average molecular weight is 343 g/mol. The molecule has 2 rings (SSSR count). The van der Waals surface area contributed by atoms with Gasteiger partial charge in [-0.15, -0.1) is 0 Å². The smallest absolute Gasteiger partial charge is 0.227 e. The molecule has 1 N–H and O–H groups in total. The highest BCUT2D eigenvalue weighted by Gasteiger charge is 2.24. The first-order valence-corrected chi connectivity index (χ1v) is 7.29. The topological polar surface area (TPSA) is 29.1 Å². The van der Waals surface area contributed by atoms with Crippen molar-refractivity contribution in [2.24, 2.45) is 11.8 Å². The maximum absolute atomic E-state index is 12.1. The summed E-state index contributed by atoms with van der Waals surface area (Å²) in [5.41, 5.74) is 0.917. The van der Waals surface area contributed by atoms with Gasteiger partial charge in [0.2, 0.25) is 5.91 Å². The number of rotatable bonds is 2. The minimum absolute atomic E-state index is 0.193. The Morgan fingerprint density at radius 2 is 2.00 bits per heavy atom. The van der Waals surface area contributed by atoms with E-state index in [-0.39, 0.29) is 11.8 Å². The minimum atomic E-state index is 0.193. The van der Waals surface area contributed by atoms with Crippen molar-refractivity contribution < 1.29 is 4.79 Å². The van der Waals surface area contributed by atoms with Gasteiger partial charge in [0.25, 0.3) is 0 Å². The van der Waals surface area contributed by atoms with Gasteiger partial charge in [0.1, 0.15) is 0 Å². The van der Waals surface area contributed by atoms with Gasteiger partial charge in [0.15, 0.2) is 0 Å². The van der Waals surface area contributed by atoms with Crippen LogP contribution in [0.4, 0.5) is 5.69 Å². The van der Waals surface area contributed by atoms with Crippen LogP contribution in [-0.2, 0) is 4.79 Å². The Morgan fingerprint density at radius 1 is 1.29 bits per heavy atom. The summed E-state index contributed by atoms with van der Waals surface area (Å²) < 4.78 is 1.15. The summed E-state index contributed by atoms with van der Waals surface area (Å²) >= 11 is 2.26. The van der Waals surface area contributed by atoms with Gasteiger partial charge < -0.3 is 5.32 Å².